The zero-order valence-electron chi connectivity index (χ0n) is 10.8. The summed E-state index contributed by atoms with van der Waals surface area (Å²) >= 11 is 6.98. The number of carboxylic acid groups (broad SMARTS) is 1. The molecule has 1 aromatic heterocycles. The summed E-state index contributed by atoms with van der Waals surface area (Å²) in [5.41, 5.74) is 0.301. The number of anilines is 1. The van der Waals surface area contributed by atoms with E-state index in [1.54, 1.807) is 35.7 Å². The molecule has 0 saturated heterocycles. The Bertz CT molecular complexity index is 656. The molecule has 0 fully saturated rings. The van der Waals surface area contributed by atoms with Crippen LogP contribution in [0.3, 0.4) is 0 Å². The molecule has 0 unspecified atom stereocenters. The lowest BCUT2D eigenvalue weighted by Gasteiger charge is -2.08. The monoisotopic (exact) mass is 325 g/mol. The van der Waals surface area contributed by atoms with Crippen LogP contribution >= 0.6 is 22.9 Å². The van der Waals surface area contributed by atoms with Gasteiger partial charge in [0, 0.05) is 0 Å². The molecule has 7 heteroatoms. The number of ether oxygens (including phenoxy) is 1. The van der Waals surface area contributed by atoms with E-state index in [1.807, 2.05) is 0 Å². The molecule has 0 aliphatic carbocycles. The molecule has 110 valence electrons. The molecule has 1 heterocycles. The Labute approximate surface area is 130 Å². The molecular formula is C14H12ClNO4S. The molecule has 5 nitrogen and oxygen atoms in total. The number of aromatic carboxylic acids is 1. The van der Waals surface area contributed by atoms with Crippen LogP contribution in [0.25, 0.3) is 0 Å². The number of carboxylic acids is 1. The highest BCUT2D eigenvalue weighted by Crippen LogP contribution is 2.24. The van der Waals surface area contributed by atoms with Gasteiger partial charge in [0.25, 0.3) is 0 Å². The molecule has 21 heavy (non-hydrogen) atoms. The van der Waals surface area contributed by atoms with Crippen LogP contribution in [-0.2, 0) is 4.79 Å². The number of thiophene rings is 1. The van der Waals surface area contributed by atoms with Crippen LogP contribution in [0.15, 0.2) is 35.7 Å². The van der Waals surface area contributed by atoms with Crippen molar-refractivity contribution < 1.29 is 19.4 Å². The van der Waals surface area contributed by atoms with E-state index in [9.17, 15) is 9.59 Å². The van der Waals surface area contributed by atoms with E-state index in [1.165, 1.54) is 0 Å². The molecule has 2 rings (SSSR count). The molecule has 2 aromatic rings. The highest BCUT2D eigenvalue weighted by atomic mass is 35.5. The maximum Gasteiger partial charge on any atom is 0.348 e. The van der Waals surface area contributed by atoms with Crippen molar-refractivity contribution in [1.29, 1.82) is 0 Å². The second kappa shape index (κ2) is 7.10. The Morgan fingerprint density at radius 1 is 1.29 bits per heavy atom. The number of carbonyl (C=O) groups excluding carboxylic acids is 1. The van der Waals surface area contributed by atoms with Crippen LogP contribution in [0.4, 0.5) is 5.69 Å². The lowest BCUT2D eigenvalue weighted by Crippen LogP contribution is -2.16. The molecule has 0 spiro atoms. The fourth-order valence-corrected chi connectivity index (χ4v) is 2.48. The van der Waals surface area contributed by atoms with E-state index in [-0.39, 0.29) is 23.8 Å². The van der Waals surface area contributed by atoms with Crippen molar-refractivity contribution in [1.82, 2.24) is 0 Å². The first-order chi connectivity index (χ1) is 10.1. The average molecular weight is 326 g/mol. The lowest BCUT2D eigenvalue weighted by atomic mass is 10.3. The van der Waals surface area contributed by atoms with Gasteiger partial charge in [-0.2, -0.15) is 0 Å². The van der Waals surface area contributed by atoms with Crippen molar-refractivity contribution in [3.05, 3.63) is 45.6 Å². The predicted molar refractivity (Wildman–Crippen MR) is 81.5 cm³/mol. The molecule has 0 atom stereocenters. The maximum absolute atomic E-state index is 11.7. The molecule has 0 radical (unpaired) electrons. The van der Waals surface area contributed by atoms with E-state index < -0.39 is 5.97 Å². The maximum atomic E-state index is 11.7. The van der Waals surface area contributed by atoms with Crippen molar-refractivity contribution in [3.8, 4) is 5.75 Å². The summed E-state index contributed by atoms with van der Waals surface area (Å²) in [6.07, 6.45) is 0.0974. The van der Waals surface area contributed by atoms with Crippen molar-refractivity contribution in [3.63, 3.8) is 0 Å². The fourth-order valence-electron chi connectivity index (χ4n) is 1.60. The minimum absolute atomic E-state index is 0.0974. The number of nitrogens with one attached hydrogen (secondary N) is 1. The quantitative estimate of drug-likeness (QED) is 0.852. The Morgan fingerprint density at radius 2 is 2.05 bits per heavy atom. The number of rotatable bonds is 6. The topological polar surface area (TPSA) is 75.6 Å². The standard InChI is InChI=1S/C14H12ClNO4S/c15-9-3-1-2-4-11(9)20-7-5-12(17)16-10-6-8-21-13(10)14(18)19/h1-4,6,8H,5,7H2,(H,16,17)(H,18,19). The highest BCUT2D eigenvalue weighted by Gasteiger charge is 2.14. The summed E-state index contributed by atoms with van der Waals surface area (Å²) in [5, 5.41) is 13.6. The molecule has 2 N–H and O–H groups in total. The highest BCUT2D eigenvalue weighted by molar-refractivity contribution is 7.12. The predicted octanol–water partition coefficient (Wildman–Crippen LogP) is 3.51. The number of para-hydroxylation sites is 1. The van der Waals surface area contributed by atoms with Crippen molar-refractivity contribution in [2.75, 3.05) is 11.9 Å². The average Bonchev–Trinajstić information content (AvgIpc) is 2.89. The molecule has 0 aliphatic heterocycles. The minimum Gasteiger partial charge on any atom is -0.491 e. The number of hydrogen-bond acceptors (Lipinski definition) is 4. The van der Waals surface area contributed by atoms with Gasteiger partial charge in [0.15, 0.2) is 0 Å². The summed E-state index contributed by atoms with van der Waals surface area (Å²) in [7, 11) is 0. The third kappa shape index (κ3) is 4.21. The fraction of sp³-hybridized carbons (Fsp3) is 0.143. The lowest BCUT2D eigenvalue weighted by molar-refractivity contribution is -0.116. The van der Waals surface area contributed by atoms with Gasteiger partial charge in [-0.15, -0.1) is 11.3 Å². The van der Waals surface area contributed by atoms with Crippen LogP contribution in [0.1, 0.15) is 16.1 Å². The summed E-state index contributed by atoms with van der Waals surface area (Å²) < 4.78 is 5.40. The number of hydrogen-bond donors (Lipinski definition) is 2. The SMILES string of the molecule is O=C(CCOc1ccccc1Cl)Nc1ccsc1C(=O)O. The van der Waals surface area contributed by atoms with Gasteiger partial charge in [-0.25, -0.2) is 4.79 Å². The van der Waals surface area contributed by atoms with Crippen molar-refractivity contribution >= 4 is 40.5 Å². The number of halogens is 1. The van der Waals surface area contributed by atoms with Gasteiger partial charge < -0.3 is 15.2 Å². The van der Waals surface area contributed by atoms with Gasteiger partial charge in [0.2, 0.25) is 5.91 Å². The minimum atomic E-state index is -1.06. The van der Waals surface area contributed by atoms with E-state index in [0.29, 0.717) is 16.5 Å². The first kappa shape index (κ1) is 15.3. The van der Waals surface area contributed by atoms with E-state index in [0.717, 1.165) is 11.3 Å². The van der Waals surface area contributed by atoms with Crippen LogP contribution < -0.4 is 10.1 Å². The second-order valence-corrected chi connectivity index (χ2v) is 5.37. The van der Waals surface area contributed by atoms with Gasteiger partial charge in [0.05, 0.1) is 23.7 Å². The van der Waals surface area contributed by atoms with Crippen LogP contribution in [-0.4, -0.2) is 23.6 Å². The smallest absolute Gasteiger partial charge is 0.348 e. The molecule has 0 aliphatic rings. The zero-order valence-corrected chi connectivity index (χ0v) is 12.4. The largest absolute Gasteiger partial charge is 0.491 e. The van der Waals surface area contributed by atoms with Gasteiger partial charge >= 0.3 is 5.97 Å². The molecule has 0 saturated carbocycles. The van der Waals surface area contributed by atoms with Crippen LogP contribution in [0.5, 0.6) is 5.75 Å². The zero-order chi connectivity index (χ0) is 15.2. The summed E-state index contributed by atoms with van der Waals surface area (Å²) in [6, 6.07) is 8.53. The Hall–Kier alpha value is -2.05. The van der Waals surface area contributed by atoms with E-state index in [4.69, 9.17) is 21.4 Å². The summed E-state index contributed by atoms with van der Waals surface area (Å²) in [4.78, 5) is 22.8. The molecule has 1 aromatic carbocycles. The first-order valence-corrected chi connectivity index (χ1v) is 7.31. The number of benzene rings is 1. The summed E-state index contributed by atoms with van der Waals surface area (Å²) in [6.45, 7) is 0.155. The second-order valence-electron chi connectivity index (χ2n) is 4.05. The Morgan fingerprint density at radius 3 is 2.76 bits per heavy atom. The van der Waals surface area contributed by atoms with Gasteiger partial charge in [-0.3, -0.25) is 4.79 Å². The van der Waals surface area contributed by atoms with Gasteiger partial charge in [-0.05, 0) is 23.6 Å². The molecular weight excluding hydrogens is 314 g/mol. The van der Waals surface area contributed by atoms with Crippen molar-refractivity contribution in [2.24, 2.45) is 0 Å². The molecule has 1 amide bonds. The first-order valence-electron chi connectivity index (χ1n) is 6.06. The third-order valence-electron chi connectivity index (χ3n) is 2.56. The van der Waals surface area contributed by atoms with E-state index >= 15 is 0 Å². The van der Waals surface area contributed by atoms with Crippen LogP contribution in [0.2, 0.25) is 5.02 Å². The van der Waals surface area contributed by atoms with Crippen molar-refractivity contribution in [2.45, 2.75) is 6.42 Å². The number of carbonyl (C=O) groups is 2. The Balaban J connectivity index is 1.84. The third-order valence-corrected chi connectivity index (χ3v) is 3.77. The Kier molecular flexibility index (Phi) is 5.19. The van der Waals surface area contributed by atoms with Crippen LogP contribution in [0, 0.1) is 0 Å². The summed E-state index contributed by atoms with van der Waals surface area (Å²) in [5.74, 6) is -0.871. The van der Waals surface area contributed by atoms with Gasteiger partial charge in [-0.1, -0.05) is 23.7 Å². The van der Waals surface area contributed by atoms with Gasteiger partial charge in [0.1, 0.15) is 10.6 Å². The molecule has 0 bridgehead atoms. The normalized spacial score (nSPS) is 10.1. The van der Waals surface area contributed by atoms with E-state index in [2.05, 4.69) is 5.32 Å². The number of amides is 1.